The maximum absolute atomic E-state index is 5.47. The third kappa shape index (κ3) is 11.3. The van der Waals surface area contributed by atoms with E-state index in [1.165, 1.54) is 32.1 Å². The van der Waals surface area contributed by atoms with Crippen molar-refractivity contribution in [1.82, 2.24) is 10.6 Å². The van der Waals surface area contributed by atoms with Crippen LogP contribution in [0.5, 0.6) is 0 Å². The molecular weight excluding hydrogens is 429 g/mol. The summed E-state index contributed by atoms with van der Waals surface area (Å²) in [6, 6.07) is 0. The zero-order valence-electron chi connectivity index (χ0n) is 16.7. The predicted octanol–water partition coefficient (Wildman–Crippen LogP) is 3.82. The smallest absolute Gasteiger partial charge is 0.190 e. The summed E-state index contributed by atoms with van der Waals surface area (Å²) in [7, 11) is 3.55. The monoisotopic (exact) mass is 469 g/mol. The van der Waals surface area contributed by atoms with Crippen LogP contribution in [0.4, 0.5) is 0 Å². The summed E-state index contributed by atoms with van der Waals surface area (Å²) in [5.41, 5.74) is 0.473. The molecule has 25 heavy (non-hydrogen) atoms. The first kappa shape index (κ1) is 24.9. The molecule has 5 nitrogen and oxygen atoms in total. The van der Waals surface area contributed by atoms with Crippen molar-refractivity contribution in [1.29, 1.82) is 0 Å². The molecule has 0 heterocycles. The molecule has 1 fully saturated rings. The van der Waals surface area contributed by atoms with Gasteiger partial charge >= 0.3 is 0 Å². The number of hydrogen-bond acceptors (Lipinski definition) is 3. The summed E-state index contributed by atoms with van der Waals surface area (Å²) in [5.74, 6) is 1.70. The van der Waals surface area contributed by atoms with Crippen LogP contribution in [0, 0.1) is 11.3 Å². The minimum absolute atomic E-state index is 0. The zero-order chi connectivity index (χ0) is 17.7. The molecule has 0 aromatic rings. The predicted molar refractivity (Wildman–Crippen MR) is 117 cm³/mol. The van der Waals surface area contributed by atoms with Gasteiger partial charge in [-0.15, -0.1) is 24.0 Å². The van der Waals surface area contributed by atoms with Crippen LogP contribution < -0.4 is 10.6 Å². The molecule has 0 unspecified atom stereocenters. The van der Waals surface area contributed by atoms with Gasteiger partial charge in [0.15, 0.2) is 5.96 Å². The Morgan fingerprint density at radius 3 is 2.40 bits per heavy atom. The van der Waals surface area contributed by atoms with Crippen molar-refractivity contribution in [3.8, 4) is 0 Å². The van der Waals surface area contributed by atoms with Crippen molar-refractivity contribution >= 4 is 29.9 Å². The molecule has 1 saturated carbocycles. The van der Waals surface area contributed by atoms with E-state index in [4.69, 9.17) is 9.47 Å². The molecule has 0 aromatic carbocycles. The molecule has 6 heteroatoms. The molecule has 1 rings (SSSR count). The second-order valence-corrected chi connectivity index (χ2v) is 7.47. The van der Waals surface area contributed by atoms with Crippen LogP contribution in [-0.2, 0) is 9.47 Å². The van der Waals surface area contributed by atoms with Gasteiger partial charge in [0.1, 0.15) is 0 Å². The lowest BCUT2D eigenvalue weighted by Crippen LogP contribution is -2.43. The Morgan fingerprint density at radius 2 is 1.80 bits per heavy atom. The first-order valence-corrected chi connectivity index (χ1v) is 9.63. The van der Waals surface area contributed by atoms with Gasteiger partial charge < -0.3 is 20.1 Å². The fourth-order valence-corrected chi connectivity index (χ4v) is 3.72. The highest BCUT2D eigenvalue weighted by atomic mass is 127. The van der Waals surface area contributed by atoms with Crippen molar-refractivity contribution in [2.75, 3.05) is 47.1 Å². The fourth-order valence-electron chi connectivity index (χ4n) is 3.72. The van der Waals surface area contributed by atoms with E-state index < -0.39 is 0 Å². The van der Waals surface area contributed by atoms with Crippen LogP contribution in [0.2, 0.25) is 0 Å². The number of nitrogens with zero attached hydrogens (tertiary/aromatic N) is 1. The minimum Gasteiger partial charge on any atom is -0.382 e. The molecular formula is C19H40IN3O2. The summed E-state index contributed by atoms with van der Waals surface area (Å²) in [5, 5.41) is 6.99. The number of nitrogens with one attached hydrogen (secondary N) is 2. The van der Waals surface area contributed by atoms with Gasteiger partial charge in [-0.05, 0) is 43.4 Å². The van der Waals surface area contributed by atoms with Gasteiger partial charge in [-0.25, -0.2) is 0 Å². The van der Waals surface area contributed by atoms with Crippen molar-refractivity contribution < 1.29 is 9.47 Å². The number of unbranched alkanes of at least 4 members (excludes halogenated alkanes) is 1. The van der Waals surface area contributed by atoms with E-state index in [-0.39, 0.29) is 24.0 Å². The van der Waals surface area contributed by atoms with E-state index in [1.807, 2.05) is 7.05 Å². The minimum atomic E-state index is 0. The number of ether oxygens (including phenoxy) is 2. The molecule has 0 spiro atoms. The molecule has 1 aliphatic rings. The largest absolute Gasteiger partial charge is 0.382 e. The fraction of sp³-hybridized carbons (Fsp3) is 0.947. The SMILES string of the molecule is CN=C(NCCCCOCCOC)NCC1(CC(C)C)CCCC1.I. The van der Waals surface area contributed by atoms with Gasteiger partial charge in [-0.2, -0.15) is 0 Å². The first-order chi connectivity index (χ1) is 11.6. The van der Waals surface area contributed by atoms with Crippen molar-refractivity contribution in [3.63, 3.8) is 0 Å². The standard InChI is InChI=1S/C19H39N3O2.HI/c1-17(2)15-19(9-5-6-10-19)16-22-18(20-3)21-11-7-8-12-24-14-13-23-4;/h17H,5-16H2,1-4H3,(H2,20,21,22);1H. The Hall–Kier alpha value is -0.0800. The molecule has 0 saturated heterocycles. The normalized spacial score (nSPS) is 16.8. The van der Waals surface area contributed by atoms with Gasteiger partial charge in [0.25, 0.3) is 0 Å². The molecule has 0 bridgehead atoms. The van der Waals surface area contributed by atoms with Crippen LogP contribution in [0.15, 0.2) is 4.99 Å². The van der Waals surface area contributed by atoms with E-state index in [9.17, 15) is 0 Å². The number of guanidine groups is 1. The first-order valence-electron chi connectivity index (χ1n) is 9.63. The maximum Gasteiger partial charge on any atom is 0.190 e. The van der Waals surface area contributed by atoms with Gasteiger partial charge in [0.05, 0.1) is 13.2 Å². The van der Waals surface area contributed by atoms with Crippen LogP contribution >= 0.6 is 24.0 Å². The third-order valence-electron chi connectivity index (χ3n) is 4.80. The number of rotatable bonds is 12. The van der Waals surface area contributed by atoms with Crippen molar-refractivity contribution in [2.45, 2.75) is 58.8 Å². The average Bonchev–Trinajstić information content (AvgIpc) is 3.00. The summed E-state index contributed by atoms with van der Waals surface area (Å²) in [4.78, 5) is 4.36. The molecule has 0 aromatic heterocycles. The molecule has 1 aliphatic carbocycles. The maximum atomic E-state index is 5.47. The lowest BCUT2D eigenvalue weighted by atomic mass is 9.78. The number of methoxy groups -OCH3 is 1. The van der Waals surface area contributed by atoms with Crippen LogP contribution in [-0.4, -0.2) is 53.0 Å². The quantitative estimate of drug-likeness (QED) is 0.198. The summed E-state index contributed by atoms with van der Waals surface area (Å²) in [6.45, 7) is 8.81. The summed E-state index contributed by atoms with van der Waals surface area (Å²) >= 11 is 0. The van der Waals surface area contributed by atoms with Gasteiger partial charge in [0.2, 0.25) is 0 Å². The molecule has 0 amide bonds. The second-order valence-electron chi connectivity index (χ2n) is 7.47. The number of aliphatic imine (C=N–C) groups is 1. The van der Waals surface area contributed by atoms with Gasteiger partial charge in [0, 0.05) is 33.9 Å². The Bertz CT molecular complexity index is 346. The zero-order valence-corrected chi connectivity index (χ0v) is 19.1. The summed E-state index contributed by atoms with van der Waals surface area (Å²) in [6.07, 6.45) is 8.93. The van der Waals surface area contributed by atoms with Crippen LogP contribution in [0.25, 0.3) is 0 Å². The number of halogens is 1. The Balaban J connectivity index is 0.00000576. The Morgan fingerprint density at radius 1 is 1.08 bits per heavy atom. The number of hydrogen-bond donors (Lipinski definition) is 2. The molecule has 0 radical (unpaired) electrons. The van der Waals surface area contributed by atoms with E-state index in [1.54, 1.807) is 7.11 Å². The van der Waals surface area contributed by atoms with Crippen LogP contribution in [0.1, 0.15) is 58.8 Å². The molecule has 150 valence electrons. The van der Waals surface area contributed by atoms with Crippen molar-refractivity contribution in [2.24, 2.45) is 16.3 Å². The third-order valence-corrected chi connectivity index (χ3v) is 4.80. The Labute approximate surface area is 172 Å². The highest BCUT2D eigenvalue weighted by Crippen LogP contribution is 2.42. The van der Waals surface area contributed by atoms with Crippen LogP contribution in [0.3, 0.4) is 0 Å². The van der Waals surface area contributed by atoms with E-state index in [0.29, 0.717) is 18.6 Å². The molecule has 0 atom stereocenters. The topological polar surface area (TPSA) is 54.9 Å². The highest BCUT2D eigenvalue weighted by Gasteiger charge is 2.34. The molecule has 0 aliphatic heterocycles. The Kier molecular flexibility index (Phi) is 15.0. The van der Waals surface area contributed by atoms with E-state index in [0.717, 1.165) is 44.4 Å². The highest BCUT2D eigenvalue weighted by molar-refractivity contribution is 14.0. The summed E-state index contributed by atoms with van der Waals surface area (Å²) < 4.78 is 10.4. The molecule has 2 N–H and O–H groups in total. The lowest BCUT2D eigenvalue weighted by molar-refractivity contribution is 0.0689. The van der Waals surface area contributed by atoms with E-state index in [2.05, 4.69) is 29.5 Å². The average molecular weight is 469 g/mol. The van der Waals surface area contributed by atoms with Gasteiger partial charge in [-0.3, -0.25) is 4.99 Å². The second kappa shape index (κ2) is 15.0. The van der Waals surface area contributed by atoms with Crippen molar-refractivity contribution in [3.05, 3.63) is 0 Å². The lowest BCUT2D eigenvalue weighted by Gasteiger charge is -2.32. The van der Waals surface area contributed by atoms with Gasteiger partial charge in [-0.1, -0.05) is 26.7 Å². The van der Waals surface area contributed by atoms with E-state index >= 15 is 0 Å².